The SMILES string of the molecule is Cc1ccc2c(CNC3CCCC3)c3c(nc2c1C)CCC3. The molecule has 0 amide bonds. The quantitative estimate of drug-likeness (QED) is 0.909. The van der Waals surface area contributed by atoms with E-state index in [2.05, 4.69) is 31.3 Å². The highest BCUT2D eigenvalue weighted by Crippen LogP contribution is 2.32. The second-order valence-corrected chi connectivity index (χ2v) is 7.14. The van der Waals surface area contributed by atoms with E-state index in [1.165, 1.54) is 71.8 Å². The summed E-state index contributed by atoms with van der Waals surface area (Å²) in [6, 6.07) is 5.29. The average Bonchev–Trinajstić information content (AvgIpc) is 3.19. The molecule has 1 N–H and O–H groups in total. The van der Waals surface area contributed by atoms with Gasteiger partial charge in [0.25, 0.3) is 0 Å². The Morgan fingerprint density at radius 2 is 1.91 bits per heavy atom. The molecule has 1 saturated carbocycles. The normalized spacial score (nSPS) is 18.3. The van der Waals surface area contributed by atoms with Crippen molar-refractivity contribution in [2.24, 2.45) is 0 Å². The Morgan fingerprint density at radius 1 is 1.09 bits per heavy atom. The number of benzene rings is 1. The first-order valence-electron chi connectivity index (χ1n) is 8.88. The van der Waals surface area contributed by atoms with E-state index >= 15 is 0 Å². The van der Waals surface area contributed by atoms with Gasteiger partial charge in [-0.25, -0.2) is 0 Å². The monoisotopic (exact) mass is 294 g/mol. The van der Waals surface area contributed by atoms with Gasteiger partial charge in [-0.3, -0.25) is 4.98 Å². The van der Waals surface area contributed by atoms with Gasteiger partial charge < -0.3 is 5.32 Å². The van der Waals surface area contributed by atoms with Crippen molar-refractivity contribution in [2.75, 3.05) is 0 Å². The van der Waals surface area contributed by atoms with Crippen LogP contribution in [-0.2, 0) is 19.4 Å². The molecule has 0 unspecified atom stereocenters. The van der Waals surface area contributed by atoms with Gasteiger partial charge in [-0.15, -0.1) is 0 Å². The van der Waals surface area contributed by atoms with E-state index in [-0.39, 0.29) is 0 Å². The van der Waals surface area contributed by atoms with Gasteiger partial charge in [-0.2, -0.15) is 0 Å². The predicted molar refractivity (Wildman–Crippen MR) is 92.3 cm³/mol. The summed E-state index contributed by atoms with van der Waals surface area (Å²) in [6.45, 7) is 5.44. The number of nitrogens with one attached hydrogen (secondary N) is 1. The molecule has 0 spiro atoms. The molecule has 116 valence electrons. The molecule has 4 rings (SSSR count). The minimum absolute atomic E-state index is 0.729. The van der Waals surface area contributed by atoms with Gasteiger partial charge in [0.05, 0.1) is 5.52 Å². The van der Waals surface area contributed by atoms with Crippen LogP contribution in [0.4, 0.5) is 0 Å². The summed E-state index contributed by atoms with van der Waals surface area (Å²) < 4.78 is 0. The number of nitrogens with zero attached hydrogens (tertiary/aromatic N) is 1. The molecule has 0 atom stereocenters. The first kappa shape index (κ1) is 14.2. The molecule has 2 aliphatic rings. The summed E-state index contributed by atoms with van der Waals surface area (Å²) in [5.74, 6) is 0. The second kappa shape index (κ2) is 5.66. The maximum atomic E-state index is 5.03. The Labute approximate surface area is 133 Å². The standard InChI is InChI=1S/C20H26N2/c1-13-10-11-17-18(12-21-15-6-3-4-7-15)16-8-5-9-19(16)22-20(17)14(13)2/h10-11,15,21H,3-9,12H2,1-2H3. The van der Waals surface area contributed by atoms with E-state index in [1.807, 2.05) is 0 Å². The molecular weight excluding hydrogens is 268 g/mol. The van der Waals surface area contributed by atoms with Crippen molar-refractivity contribution < 1.29 is 0 Å². The minimum atomic E-state index is 0.729. The summed E-state index contributed by atoms with van der Waals surface area (Å²) in [5.41, 5.74) is 8.39. The van der Waals surface area contributed by atoms with Crippen LogP contribution in [-0.4, -0.2) is 11.0 Å². The number of hydrogen-bond donors (Lipinski definition) is 1. The van der Waals surface area contributed by atoms with Crippen LogP contribution in [0.2, 0.25) is 0 Å². The highest BCUT2D eigenvalue weighted by molar-refractivity contribution is 5.87. The van der Waals surface area contributed by atoms with Crippen LogP contribution in [0, 0.1) is 13.8 Å². The third-order valence-electron chi connectivity index (χ3n) is 5.75. The number of rotatable bonds is 3. The first-order chi connectivity index (χ1) is 10.7. The van der Waals surface area contributed by atoms with Crippen molar-refractivity contribution in [1.82, 2.24) is 10.3 Å². The lowest BCUT2D eigenvalue weighted by Crippen LogP contribution is -2.26. The Kier molecular flexibility index (Phi) is 3.65. The van der Waals surface area contributed by atoms with Gasteiger partial charge in [0.2, 0.25) is 0 Å². The van der Waals surface area contributed by atoms with Crippen LogP contribution in [0.5, 0.6) is 0 Å². The van der Waals surface area contributed by atoms with Crippen molar-refractivity contribution in [1.29, 1.82) is 0 Å². The number of aromatic nitrogens is 1. The first-order valence-corrected chi connectivity index (χ1v) is 8.88. The molecule has 22 heavy (non-hydrogen) atoms. The maximum absolute atomic E-state index is 5.03. The summed E-state index contributed by atoms with van der Waals surface area (Å²) in [4.78, 5) is 5.03. The summed E-state index contributed by atoms with van der Waals surface area (Å²) in [6.07, 6.45) is 9.14. The van der Waals surface area contributed by atoms with Gasteiger partial charge in [-0.1, -0.05) is 25.0 Å². The Hall–Kier alpha value is -1.41. The summed E-state index contributed by atoms with van der Waals surface area (Å²) in [7, 11) is 0. The second-order valence-electron chi connectivity index (χ2n) is 7.14. The molecule has 1 heterocycles. The molecular formula is C20H26N2. The summed E-state index contributed by atoms with van der Waals surface area (Å²) in [5, 5.41) is 5.21. The van der Waals surface area contributed by atoms with E-state index in [1.54, 1.807) is 5.56 Å². The maximum Gasteiger partial charge on any atom is 0.0740 e. The number of hydrogen-bond acceptors (Lipinski definition) is 2. The lowest BCUT2D eigenvalue weighted by molar-refractivity contribution is 0.524. The molecule has 2 aromatic rings. The molecule has 2 aliphatic carbocycles. The zero-order valence-corrected chi connectivity index (χ0v) is 13.8. The minimum Gasteiger partial charge on any atom is -0.310 e. The van der Waals surface area contributed by atoms with Gasteiger partial charge in [-0.05, 0) is 68.2 Å². The van der Waals surface area contributed by atoms with Gasteiger partial charge in [0.15, 0.2) is 0 Å². The van der Waals surface area contributed by atoms with E-state index < -0.39 is 0 Å². The predicted octanol–water partition coefficient (Wildman–Crippen LogP) is 4.37. The largest absolute Gasteiger partial charge is 0.310 e. The van der Waals surface area contributed by atoms with Gasteiger partial charge in [0, 0.05) is 23.7 Å². The van der Waals surface area contributed by atoms with E-state index in [0.29, 0.717) is 0 Å². The van der Waals surface area contributed by atoms with Crippen molar-refractivity contribution in [2.45, 2.75) is 71.4 Å². The van der Waals surface area contributed by atoms with Crippen LogP contribution >= 0.6 is 0 Å². The Morgan fingerprint density at radius 3 is 2.73 bits per heavy atom. The smallest absolute Gasteiger partial charge is 0.0740 e. The third kappa shape index (κ3) is 2.34. The topological polar surface area (TPSA) is 24.9 Å². The molecule has 2 heteroatoms. The number of fused-ring (bicyclic) bond motifs is 2. The van der Waals surface area contributed by atoms with Crippen LogP contribution in [0.1, 0.15) is 60.1 Å². The molecule has 0 bridgehead atoms. The molecule has 0 radical (unpaired) electrons. The van der Waals surface area contributed by atoms with Crippen molar-refractivity contribution in [3.05, 3.63) is 40.1 Å². The average molecular weight is 294 g/mol. The Bertz CT molecular complexity index is 711. The van der Waals surface area contributed by atoms with Crippen LogP contribution in [0.15, 0.2) is 12.1 Å². The fraction of sp³-hybridized carbons (Fsp3) is 0.550. The molecule has 1 aromatic carbocycles. The van der Waals surface area contributed by atoms with Crippen molar-refractivity contribution >= 4 is 10.9 Å². The van der Waals surface area contributed by atoms with Gasteiger partial charge >= 0.3 is 0 Å². The van der Waals surface area contributed by atoms with E-state index in [4.69, 9.17) is 4.98 Å². The zero-order valence-electron chi connectivity index (χ0n) is 13.8. The molecule has 2 nitrogen and oxygen atoms in total. The van der Waals surface area contributed by atoms with Crippen LogP contribution < -0.4 is 5.32 Å². The fourth-order valence-electron chi connectivity index (χ4n) is 4.24. The molecule has 0 aliphatic heterocycles. The molecule has 1 fully saturated rings. The zero-order chi connectivity index (χ0) is 15.1. The number of aryl methyl sites for hydroxylation is 3. The highest BCUT2D eigenvalue weighted by atomic mass is 14.9. The van der Waals surface area contributed by atoms with E-state index in [0.717, 1.165) is 19.0 Å². The molecule has 1 aromatic heterocycles. The number of pyridine rings is 1. The highest BCUT2D eigenvalue weighted by Gasteiger charge is 2.22. The molecule has 0 saturated heterocycles. The Balaban J connectivity index is 1.78. The lowest BCUT2D eigenvalue weighted by Gasteiger charge is -2.18. The lowest BCUT2D eigenvalue weighted by atomic mass is 9.97. The third-order valence-corrected chi connectivity index (χ3v) is 5.75. The van der Waals surface area contributed by atoms with Crippen molar-refractivity contribution in [3.8, 4) is 0 Å². The van der Waals surface area contributed by atoms with Gasteiger partial charge in [0.1, 0.15) is 0 Å². The van der Waals surface area contributed by atoms with Crippen LogP contribution in [0.25, 0.3) is 10.9 Å². The van der Waals surface area contributed by atoms with E-state index in [9.17, 15) is 0 Å². The fourth-order valence-corrected chi connectivity index (χ4v) is 4.24. The summed E-state index contributed by atoms with van der Waals surface area (Å²) >= 11 is 0. The van der Waals surface area contributed by atoms with Crippen LogP contribution in [0.3, 0.4) is 0 Å². The van der Waals surface area contributed by atoms with Crippen molar-refractivity contribution in [3.63, 3.8) is 0 Å².